The molecule has 0 saturated carbocycles. The van der Waals surface area contributed by atoms with Crippen LogP contribution in [-0.4, -0.2) is 5.91 Å². The van der Waals surface area contributed by atoms with Gasteiger partial charge >= 0.3 is 0 Å². The van der Waals surface area contributed by atoms with Gasteiger partial charge in [0, 0.05) is 21.1 Å². The van der Waals surface area contributed by atoms with Crippen LogP contribution in [0.4, 0.5) is 10.1 Å². The van der Waals surface area contributed by atoms with Crippen molar-refractivity contribution in [1.82, 2.24) is 0 Å². The van der Waals surface area contributed by atoms with Gasteiger partial charge in [0.15, 0.2) is 0 Å². The van der Waals surface area contributed by atoms with E-state index in [0.29, 0.717) is 15.6 Å². The summed E-state index contributed by atoms with van der Waals surface area (Å²) in [4.78, 5) is 11.7. The second kappa shape index (κ2) is 6.94. The van der Waals surface area contributed by atoms with Gasteiger partial charge in [-0.15, -0.1) is 0 Å². The summed E-state index contributed by atoms with van der Waals surface area (Å²) in [5.74, 6) is -1.09. The minimum Gasteiger partial charge on any atom is -0.320 e. The van der Waals surface area contributed by atoms with Gasteiger partial charge in [0.2, 0.25) is 5.91 Å². The first-order chi connectivity index (χ1) is 9.95. The Morgan fingerprint density at radius 3 is 2.38 bits per heavy atom. The minimum absolute atomic E-state index is 0.0521. The van der Waals surface area contributed by atoms with Crippen molar-refractivity contribution in [3.8, 4) is 0 Å². The van der Waals surface area contributed by atoms with E-state index in [2.05, 4.69) is 5.32 Å². The molecule has 0 aromatic heterocycles. The van der Waals surface area contributed by atoms with Gasteiger partial charge in [0.05, 0.1) is 5.69 Å². The van der Waals surface area contributed by atoms with Crippen LogP contribution in [0.5, 0.6) is 0 Å². The molecule has 2 nitrogen and oxygen atoms in total. The lowest BCUT2D eigenvalue weighted by atomic mass is 10.2. The van der Waals surface area contributed by atoms with E-state index in [0.717, 1.165) is 6.07 Å². The maximum atomic E-state index is 13.5. The molecule has 0 aliphatic heterocycles. The van der Waals surface area contributed by atoms with Crippen molar-refractivity contribution in [2.24, 2.45) is 0 Å². The van der Waals surface area contributed by atoms with Crippen molar-refractivity contribution in [1.29, 1.82) is 0 Å². The van der Waals surface area contributed by atoms with Gasteiger partial charge in [0.25, 0.3) is 0 Å². The molecule has 2 rings (SSSR count). The Balaban J connectivity index is 2.09. The van der Waals surface area contributed by atoms with Gasteiger partial charge in [0.1, 0.15) is 5.82 Å². The molecular weight excluding hydrogens is 336 g/mol. The van der Waals surface area contributed by atoms with E-state index in [1.807, 2.05) is 0 Å². The lowest BCUT2D eigenvalue weighted by molar-refractivity contribution is -0.111. The Bertz CT molecular complexity index is 716. The fourth-order valence-corrected chi connectivity index (χ4v) is 2.20. The van der Waals surface area contributed by atoms with Gasteiger partial charge < -0.3 is 5.32 Å². The van der Waals surface area contributed by atoms with Crippen molar-refractivity contribution in [3.63, 3.8) is 0 Å². The summed E-state index contributed by atoms with van der Waals surface area (Å²) < 4.78 is 13.5. The SMILES string of the molecule is O=C(C=Cc1ccc(Cl)cc1Cl)Nc1ccc(Cl)cc1F. The van der Waals surface area contributed by atoms with Gasteiger partial charge in [-0.3, -0.25) is 4.79 Å². The molecule has 2 aromatic carbocycles. The highest BCUT2D eigenvalue weighted by atomic mass is 35.5. The largest absolute Gasteiger partial charge is 0.320 e. The molecule has 0 unspecified atom stereocenters. The van der Waals surface area contributed by atoms with Crippen LogP contribution in [0.1, 0.15) is 5.56 Å². The molecule has 6 heteroatoms. The molecule has 108 valence electrons. The Labute approximate surface area is 136 Å². The molecule has 2 aromatic rings. The molecule has 21 heavy (non-hydrogen) atoms. The first-order valence-electron chi connectivity index (χ1n) is 5.85. The number of hydrogen-bond acceptors (Lipinski definition) is 1. The van der Waals surface area contributed by atoms with E-state index in [4.69, 9.17) is 34.8 Å². The van der Waals surface area contributed by atoms with E-state index >= 15 is 0 Å². The van der Waals surface area contributed by atoms with Crippen molar-refractivity contribution in [2.45, 2.75) is 0 Å². The molecule has 0 spiro atoms. The Morgan fingerprint density at radius 1 is 1.05 bits per heavy atom. The van der Waals surface area contributed by atoms with Crippen molar-refractivity contribution in [3.05, 3.63) is 68.9 Å². The Hall–Kier alpha value is -1.55. The summed E-state index contributed by atoms with van der Waals surface area (Å²) >= 11 is 17.4. The first-order valence-corrected chi connectivity index (χ1v) is 6.98. The molecule has 0 atom stereocenters. The third kappa shape index (κ3) is 4.46. The van der Waals surface area contributed by atoms with Crippen molar-refractivity contribution >= 4 is 52.5 Å². The number of carbonyl (C=O) groups is 1. The van der Waals surface area contributed by atoms with E-state index in [1.165, 1.54) is 24.3 Å². The molecule has 0 radical (unpaired) electrons. The minimum atomic E-state index is -0.603. The number of anilines is 1. The maximum Gasteiger partial charge on any atom is 0.248 e. The third-order valence-electron chi connectivity index (χ3n) is 2.57. The highest BCUT2D eigenvalue weighted by molar-refractivity contribution is 6.35. The van der Waals surface area contributed by atoms with E-state index in [-0.39, 0.29) is 10.7 Å². The van der Waals surface area contributed by atoms with E-state index in [1.54, 1.807) is 18.2 Å². The Kier molecular flexibility index (Phi) is 5.23. The second-order valence-corrected chi connectivity index (χ2v) is 5.39. The fraction of sp³-hybridized carbons (Fsp3) is 0. The van der Waals surface area contributed by atoms with Crippen LogP contribution >= 0.6 is 34.8 Å². The van der Waals surface area contributed by atoms with Gasteiger partial charge in [-0.25, -0.2) is 4.39 Å². The number of amides is 1. The lowest BCUT2D eigenvalue weighted by Crippen LogP contribution is -2.09. The number of carbonyl (C=O) groups excluding carboxylic acids is 1. The summed E-state index contributed by atoms with van der Waals surface area (Å²) in [6, 6.07) is 8.90. The molecule has 0 heterocycles. The van der Waals surface area contributed by atoms with Gasteiger partial charge in [-0.2, -0.15) is 0 Å². The summed E-state index contributed by atoms with van der Waals surface area (Å²) in [7, 11) is 0. The molecule has 0 fully saturated rings. The van der Waals surface area contributed by atoms with Crippen LogP contribution < -0.4 is 5.32 Å². The number of benzene rings is 2. The fourth-order valence-electron chi connectivity index (χ4n) is 1.57. The quantitative estimate of drug-likeness (QED) is 0.738. The zero-order valence-electron chi connectivity index (χ0n) is 10.5. The molecule has 0 bridgehead atoms. The van der Waals surface area contributed by atoms with Crippen LogP contribution in [0.3, 0.4) is 0 Å². The molecule has 0 aliphatic rings. The normalized spacial score (nSPS) is 10.9. The predicted octanol–water partition coefficient (Wildman–Crippen LogP) is 5.44. The number of rotatable bonds is 3. The highest BCUT2D eigenvalue weighted by Crippen LogP contribution is 2.22. The molecule has 1 N–H and O–H groups in total. The zero-order valence-corrected chi connectivity index (χ0v) is 12.8. The maximum absolute atomic E-state index is 13.5. The van der Waals surface area contributed by atoms with Crippen molar-refractivity contribution in [2.75, 3.05) is 5.32 Å². The Morgan fingerprint density at radius 2 is 1.71 bits per heavy atom. The van der Waals surface area contributed by atoms with E-state index < -0.39 is 11.7 Å². The predicted molar refractivity (Wildman–Crippen MR) is 85.5 cm³/mol. The van der Waals surface area contributed by atoms with Crippen LogP contribution in [-0.2, 0) is 4.79 Å². The van der Waals surface area contributed by atoms with Gasteiger partial charge in [-0.05, 0) is 42.0 Å². The molecular formula is C15H9Cl3FNO. The smallest absolute Gasteiger partial charge is 0.248 e. The highest BCUT2D eigenvalue weighted by Gasteiger charge is 2.05. The summed E-state index contributed by atoms with van der Waals surface area (Å²) in [5, 5.41) is 3.59. The average molecular weight is 345 g/mol. The van der Waals surface area contributed by atoms with Gasteiger partial charge in [-0.1, -0.05) is 40.9 Å². The monoisotopic (exact) mass is 343 g/mol. The number of hydrogen-bond donors (Lipinski definition) is 1. The van der Waals surface area contributed by atoms with E-state index in [9.17, 15) is 9.18 Å². The third-order valence-corrected chi connectivity index (χ3v) is 3.36. The molecule has 0 aliphatic carbocycles. The molecule has 1 amide bonds. The molecule has 0 saturated heterocycles. The van der Waals surface area contributed by atoms with Crippen LogP contribution in [0.2, 0.25) is 15.1 Å². The standard InChI is InChI=1S/C15H9Cl3FNO/c16-10-3-1-9(12(18)7-10)2-6-15(21)20-14-5-4-11(17)8-13(14)19/h1-8H,(H,20,21). The van der Waals surface area contributed by atoms with Crippen LogP contribution in [0.15, 0.2) is 42.5 Å². The second-order valence-electron chi connectivity index (χ2n) is 4.11. The summed E-state index contributed by atoms with van der Waals surface area (Å²) in [5.41, 5.74) is 0.684. The first kappa shape index (κ1) is 15.8. The zero-order chi connectivity index (χ0) is 15.4. The lowest BCUT2D eigenvalue weighted by Gasteiger charge is -2.04. The summed E-state index contributed by atoms with van der Waals surface area (Å²) in [6.07, 6.45) is 2.77. The summed E-state index contributed by atoms with van der Waals surface area (Å²) in [6.45, 7) is 0. The van der Waals surface area contributed by atoms with Crippen LogP contribution in [0, 0.1) is 5.82 Å². The average Bonchev–Trinajstić information content (AvgIpc) is 2.41. The van der Waals surface area contributed by atoms with Crippen LogP contribution in [0.25, 0.3) is 6.08 Å². The number of nitrogens with one attached hydrogen (secondary N) is 1. The van der Waals surface area contributed by atoms with Crippen molar-refractivity contribution < 1.29 is 9.18 Å². The number of halogens is 4. The topological polar surface area (TPSA) is 29.1 Å².